The van der Waals surface area contributed by atoms with Crippen LogP contribution in [0.5, 0.6) is 0 Å². The summed E-state index contributed by atoms with van der Waals surface area (Å²) in [6.07, 6.45) is 5.40. The van der Waals surface area contributed by atoms with E-state index in [0.29, 0.717) is 10.9 Å². The number of halogens is 1. The van der Waals surface area contributed by atoms with E-state index in [9.17, 15) is 9.59 Å². The minimum absolute atomic E-state index is 0.345. The molecule has 2 amide bonds. The molecule has 1 aromatic heterocycles. The number of aromatic nitrogens is 1. The Balaban J connectivity index is 1.46. The summed E-state index contributed by atoms with van der Waals surface area (Å²) in [7, 11) is 0. The van der Waals surface area contributed by atoms with Crippen molar-refractivity contribution in [3.8, 4) is 11.1 Å². The maximum Gasteiger partial charge on any atom is 0.290 e. The first-order valence-corrected chi connectivity index (χ1v) is 12.5. The number of fused-ring (bicyclic) bond motifs is 1. The summed E-state index contributed by atoms with van der Waals surface area (Å²) in [5, 5.41) is 4.67. The monoisotopic (exact) mass is 492 g/mol. The number of carbonyl (C=O) groups is 2. The Bertz CT molecular complexity index is 1320. The van der Waals surface area contributed by atoms with Gasteiger partial charge in [0.05, 0.1) is 15.6 Å². The van der Waals surface area contributed by atoms with E-state index >= 15 is 0 Å². The Kier molecular flexibility index (Phi) is 6.34. The van der Waals surface area contributed by atoms with Crippen molar-refractivity contribution in [3.05, 3.63) is 64.3 Å². The number of nitrogens with one attached hydrogen (secondary N) is 1. The molecule has 0 unspecified atom stereocenters. The van der Waals surface area contributed by atoms with Gasteiger partial charge in [-0.3, -0.25) is 24.8 Å². The fraction of sp³-hybridized carbons (Fsp3) is 0.269. The summed E-state index contributed by atoms with van der Waals surface area (Å²) in [5.74, 6) is -0.360. The van der Waals surface area contributed by atoms with Gasteiger partial charge in [-0.2, -0.15) is 0 Å². The van der Waals surface area contributed by atoms with E-state index in [4.69, 9.17) is 11.6 Å². The van der Waals surface area contributed by atoms with Gasteiger partial charge in [0.25, 0.3) is 11.1 Å². The number of imide groups is 1. The van der Waals surface area contributed by atoms with Gasteiger partial charge < -0.3 is 4.90 Å². The topological polar surface area (TPSA) is 65.5 Å². The lowest BCUT2D eigenvalue weighted by molar-refractivity contribution is -0.115. The third-order valence-corrected chi connectivity index (χ3v) is 7.48. The van der Waals surface area contributed by atoms with Crippen LogP contribution < -0.4 is 10.2 Å². The number of thioether (sulfide) groups is 1. The standard InChI is InChI=1S/C26H25ClN4O2S/c1-16(2)30-7-9-31(10-8-30)23-6-5-18(13-22(23)27)21-15-28-14-19-4-3-17(11-20(19)21)12-24-25(32)29-26(33)34-24/h3-6,11-16H,7-10H2,1-2H3,(H,29,32,33). The molecule has 0 aliphatic carbocycles. The molecule has 2 fully saturated rings. The first-order valence-electron chi connectivity index (χ1n) is 11.3. The summed E-state index contributed by atoms with van der Waals surface area (Å²) in [5.41, 5.74) is 3.86. The van der Waals surface area contributed by atoms with Gasteiger partial charge in [0.15, 0.2) is 0 Å². The van der Waals surface area contributed by atoms with E-state index in [-0.39, 0.29) is 11.1 Å². The van der Waals surface area contributed by atoms with Gasteiger partial charge in [-0.1, -0.05) is 29.8 Å². The zero-order valence-corrected chi connectivity index (χ0v) is 20.6. The Morgan fingerprint density at radius 3 is 2.53 bits per heavy atom. The third-order valence-electron chi connectivity index (χ3n) is 6.37. The van der Waals surface area contributed by atoms with Gasteiger partial charge in [0.1, 0.15) is 0 Å². The maximum absolute atomic E-state index is 11.9. The van der Waals surface area contributed by atoms with Crippen LogP contribution in [0.25, 0.3) is 28.0 Å². The van der Waals surface area contributed by atoms with Crippen molar-refractivity contribution in [2.45, 2.75) is 19.9 Å². The molecule has 3 heterocycles. The van der Waals surface area contributed by atoms with Crippen molar-refractivity contribution in [2.75, 3.05) is 31.1 Å². The van der Waals surface area contributed by atoms with E-state index in [1.54, 1.807) is 6.08 Å². The predicted molar refractivity (Wildman–Crippen MR) is 140 cm³/mol. The maximum atomic E-state index is 11.9. The molecular formula is C26H25ClN4O2S. The van der Waals surface area contributed by atoms with E-state index in [1.165, 1.54) is 0 Å². The molecule has 0 bridgehead atoms. The van der Waals surface area contributed by atoms with E-state index < -0.39 is 0 Å². The van der Waals surface area contributed by atoms with Crippen molar-refractivity contribution in [1.29, 1.82) is 0 Å². The van der Waals surface area contributed by atoms with E-state index in [1.807, 2.05) is 36.7 Å². The Morgan fingerprint density at radius 1 is 1.06 bits per heavy atom. The van der Waals surface area contributed by atoms with Crippen LogP contribution in [0.1, 0.15) is 19.4 Å². The van der Waals surface area contributed by atoms with Crippen molar-refractivity contribution in [1.82, 2.24) is 15.2 Å². The Hall–Kier alpha value is -2.87. The van der Waals surface area contributed by atoms with Gasteiger partial charge in [0.2, 0.25) is 0 Å². The van der Waals surface area contributed by atoms with Crippen molar-refractivity contribution in [2.24, 2.45) is 0 Å². The highest BCUT2D eigenvalue weighted by atomic mass is 35.5. The number of hydrogen-bond acceptors (Lipinski definition) is 6. The highest BCUT2D eigenvalue weighted by Crippen LogP contribution is 2.35. The van der Waals surface area contributed by atoms with Crippen LogP contribution in [0.3, 0.4) is 0 Å². The van der Waals surface area contributed by atoms with Crippen LogP contribution >= 0.6 is 23.4 Å². The Labute approximate surface area is 208 Å². The quantitative estimate of drug-likeness (QED) is 0.491. The number of piperazine rings is 1. The number of hydrogen-bond donors (Lipinski definition) is 1. The molecule has 2 aliphatic rings. The molecule has 34 heavy (non-hydrogen) atoms. The lowest BCUT2D eigenvalue weighted by Gasteiger charge is -2.38. The molecule has 8 heteroatoms. The van der Waals surface area contributed by atoms with Gasteiger partial charge in [-0.15, -0.1) is 0 Å². The summed E-state index contributed by atoms with van der Waals surface area (Å²) in [6.45, 7) is 8.45. The summed E-state index contributed by atoms with van der Waals surface area (Å²) < 4.78 is 0. The number of benzene rings is 2. The third kappa shape index (κ3) is 4.56. The van der Waals surface area contributed by atoms with Crippen molar-refractivity contribution >= 4 is 57.0 Å². The number of anilines is 1. The minimum atomic E-state index is -0.360. The number of carbonyl (C=O) groups excluding carboxylic acids is 2. The lowest BCUT2D eigenvalue weighted by atomic mass is 9.98. The Morgan fingerprint density at radius 2 is 1.85 bits per heavy atom. The summed E-state index contributed by atoms with van der Waals surface area (Å²) >= 11 is 7.69. The van der Waals surface area contributed by atoms with Gasteiger partial charge >= 0.3 is 0 Å². The molecular weight excluding hydrogens is 468 g/mol. The van der Waals surface area contributed by atoms with Crippen LogP contribution in [0, 0.1) is 0 Å². The van der Waals surface area contributed by atoms with Crippen LogP contribution in [0.2, 0.25) is 5.02 Å². The first kappa shape index (κ1) is 22.9. The smallest absolute Gasteiger partial charge is 0.290 e. The SMILES string of the molecule is CC(C)N1CCN(c2ccc(-c3cncc4ccc(C=C5SC(=O)NC5=O)cc34)cc2Cl)CC1. The second-order valence-electron chi connectivity index (χ2n) is 8.80. The van der Waals surface area contributed by atoms with E-state index in [2.05, 4.69) is 46.1 Å². The van der Waals surface area contributed by atoms with Crippen LogP contribution in [0.4, 0.5) is 10.5 Å². The number of pyridine rings is 1. The second-order valence-corrected chi connectivity index (χ2v) is 10.2. The molecule has 3 aromatic rings. The number of rotatable bonds is 4. The molecule has 5 rings (SSSR count). The number of nitrogens with zero attached hydrogens (tertiary/aromatic N) is 3. The molecule has 1 N–H and O–H groups in total. The van der Waals surface area contributed by atoms with Gasteiger partial charge in [-0.25, -0.2) is 0 Å². The molecule has 0 radical (unpaired) electrons. The highest BCUT2D eigenvalue weighted by Gasteiger charge is 2.25. The molecule has 0 spiro atoms. The molecule has 0 atom stereocenters. The molecule has 0 saturated carbocycles. The fourth-order valence-corrected chi connectivity index (χ4v) is 5.47. The predicted octanol–water partition coefficient (Wildman–Crippen LogP) is 5.41. The summed E-state index contributed by atoms with van der Waals surface area (Å²) in [4.78, 5) is 33.1. The fourth-order valence-electron chi connectivity index (χ4n) is 4.48. The normalized spacial score (nSPS) is 18.4. The van der Waals surface area contributed by atoms with E-state index in [0.717, 1.165) is 76.1 Å². The lowest BCUT2D eigenvalue weighted by Crippen LogP contribution is -2.49. The molecule has 6 nitrogen and oxygen atoms in total. The summed E-state index contributed by atoms with van der Waals surface area (Å²) in [6, 6.07) is 12.7. The van der Waals surface area contributed by atoms with Crippen molar-refractivity contribution in [3.63, 3.8) is 0 Å². The molecule has 2 saturated heterocycles. The average Bonchev–Trinajstić information content (AvgIpc) is 3.15. The first-order chi connectivity index (χ1) is 16.4. The molecule has 2 aliphatic heterocycles. The molecule has 2 aromatic carbocycles. The van der Waals surface area contributed by atoms with Crippen molar-refractivity contribution < 1.29 is 9.59 Å². The van der Waals surface area contributed by atoms with Crippen LogP contribution in [-0.2, 0) is 4.79 Å². The number of amides is 2. The minimum Gasteiger partial charge on any atom is -0.368 e. The van der Waals surface area contributed by atoms with Gasteiger partial charge in [-0.05, 0) is 66.4 Å². The van der Waals surface area contributed by atoms with Crippen LogP contribution in [0.15, 0.2) is 53.7 Å². The zero-order chi connectivity index (χ0) is 23.8. The highest BCUT2D eigenvalue weighted by molar-refractivity contribution is 8.18. The average molecular weight is 493 g/mol. The second kappa shape index (κ2) is 9.41. The van der Waals surface area contributed by atoms with Crippen LogP contribution in [-0.4, -0.2) is 53.3 Å². The largest absolute Gasteiger partial charge is 0.368 e. The molecule has 174 valence electrons. The zero-order valence-electron chi connectivity index (χ0n) is 19.0. The van der Waals surface area contributed by atoms with Gasteiger partial charge in [0, 0.05) is 55.6 Å².